The molecule has 0 aliphatic heterocycles. The molecule has 0 saturated heterocycles. The van der Waals surface area contributed by atoms with Gasteiger partial charge in [0.1, 0.15) is 0 Å². The Hall–Kier alpha value is -1.04. The summed E-state index contributed by atoms with van der Waals surface area (Å²) < 4.78 is 0. The van der Waals surface area contributed by atoms with Crippen molar-refractivity contribution in [3.8, 4) is 6.07 Å². The van der Waals surface area contributed by atoms with Crippen molar-refractivity contribution in [2.24, 2.45) is 29.1 Å². The van der Waals surface area contributed by atoms with Crippen molar-refractivity contribution in [1.29, 1.82) is 5.26 Å². The van der Waals surface area contributed by atoms with Crippen LogP contribution in [0.4, 0.5) is 0 Å². The van der Waals surface area contributed by atoms with Crippen molar-refractivity contribution in [2.75, 3.05) is 0 Å². The van der Waals surface area contributed by atoms with Crippen LogP contribution in [0, 0.1) is 40.4 Å². The fourth-order valence-corrected chi connectivity index (χ4v) is 4.58. The molecule has 15 heavy (non-hydrogen) atoms. The van der Waals surface area contributed by atoms with E-state index in [1.165, 1.54) is 6.42 Å². The maximum atomic E-state index is 11.5. The highest BCUT2D eigenvalue weighted by atomic mass is 16.4. The molecule has 3 unspecified atom stereocenters. The van der Waals surface area contributed by atoms with Crippen LogP contribution < -0.4 is 0 Å². The molecule has 80 valence electrons. The molecule has 0 radical (unpaired) electrons. The standard InChI is InChI=1S/C12H15NO2/c13-6-10-9-2-7-1-8(3-9)5-12(10,4-7)11(14)15/h7-10H,1-5H2,(H,14,15). The van der Waals surface area contributed by atoms with Gasteiger partial charge in [-0.15, -0.1) is 0 Å². The van der Waals surface area contributed by atoms with E-state index in [9.17, 15) is 15.2 Å². The average Bonchev–Trinajstić information content (AvgIpc) is 2.16. The third kappa shape index (κ3) is 1.03. The number of nitriles is 1. The van der Waals surface area contributed by atoms with E-state index in [0.29, 0.717) is 17.8 Å². The van der Waals surface area contributed by atoms with Gasteiger partial charge in [-0.3, -0.25) is 4.79 Å². The van der Waals surface area contributed by atoms with Gasteiger partial charge < -0.3 is 5.11 Å². The Morgan fingerprint density at radius 3 is 2.33 bits per heavy atom. The van der Waals surface area contributed by atoms with Crippen LogP contribution in [0.25, 0.3) is 0 Å². The van der Waals surface area contributed by atoms with Crippen LogP contribution in [0.1, 0.15) is 32.1 Å². The lowest BCUT2D eigenvalue weighted by Crippen LogP contribution is -2.55. The van der Waals surface area contributed by atoms with Crippen LogP contribution in [0.3, 0.4) is 0 Å². The fourth-order valence-electron chi connectivity index (χ4n) is 4.58. The second-order valence-corrected chi connectivity index (χ2v) is 5.68. The van der Waals surface area contributed by atoms with Crippen molar-refractivity contribution in [2.45, 2.75) is 32.1 Å². The van der Waals surface area contributed by atoms with Crippen LogP contribution in [-0.4, -0.2) is 11.1 Å². The summed E-state index contributed by atoms with van der Waals surface area (Å²) in [6.45, 7) is 0. The molecular weight excluding hydrogens is 190 g/mol. The first-order valence-electron chi connectivity index (χ1n) is 5.79. The van der Waals surface area contributed by atoms with Gasteiger partial charge >= 0.3 is 5.97 Å². The molecule has 4 aliphatic carbocycles. The molecule has 4 saturated carbocycles. The maximum Gasteiger partial charge on any atom is 0.311 e. The molecule has 1 N–H and O–H groups in total. The number of rotatable bonds is 1. The van der Waals surface area contributed by atoms with E-state index in [-0.39, 0.29) is 5.92 Å². The average molecular weight is 205 g/mol. The minimum absolute atomic E-state index is 0.220. The minimum atomic E-state index is -0.715. The van der Waals surface area contributed by atoms with Crippen molar-refractivity contribution >= 4 is 5.97 Å². The predicted octanol–water partition coefficient (Wildman–Crippen LogP) is 2.04. The number of aliphatic carboxylic acids is 1. The maximum absolute atomic E-state index is 11.5. The van der Waals surface area contributed by atoms with Crippen LogP contribution in [0.2, 0.25) is 0 Å². The Balaban J connectivity index is 2.05. The molecule has 4 bridgehead atoms. The van der Waals surface area contributed by atoms with Crippen molar-refractivity contribution < 1.29 is 9.90 Å². The predicted molar refractivity (Wildman–Crippen MR) is 52.7 cm³/mol. The molecule has 3 heteroatoms. The number of carboxylic acid groups (broad SMARTS) is 1. The Labute approximate surface area is 89.1 Å². The Morgan fingerprint density at radius 1 is 1.27 bits per heavy atom. The summed E-state index contributed by atoms with van der Waals surface area (Å²) in [6, 6.07) is 2.29. The van der Waals surface area contributed by atoms with E-state index in [4.69, 9.17) is 0 Å². The van der Waals surface area contributed by atoms with Gasteiger partial charge in [0.25, 0.3) is 0 Å². The van der Waals surface area contributed by atoms with E-state index in [1.807, 2.05) is 0 Å². The molecule has 0 aromatic rings. The molecule has 4 fully saturated rings. The normalized spacial score (nSPS) is 51.4. The third-order valence-electron chi connectivity index (χ3n) is 4.88. The second-order valence-electron chi connectivity index (χ2n) is 5.68. The third-order valence-corrected chi connectivity index (χ3v) is 4.88. The quantitative estimate of drug-likeness (QED) is 0.712. The van der Waals surface area contributed by atoms with Crippen molar-refractivity contribution in [3.63, 3.8) is 0 Å². The van der Waals surface area contributed by atoms with Gasteiger partial charge in [0.2, 0.25) is 0 Å². The minimum Gasteiger partial charge on any atom is -0.481 e. The zero-order chi connectivity index (χ0) is 10.6. The van der Waals surface area contributed by atoms with E-state index in [0.717, 1.165) is 25.7 Å². The van der Waals surface area contributed by atoms with E-state index in [1.54, 1.807) is 0 Å². The Kier molecular flexibility index (Phi) is 1.69. The highest BCUT2D eigenvalue weighted by Gasteiger charge is 2.61. The van der Waals surface area contributed by atoms with Crippen molar-refractivity contribution in [3.05, 3.63) is 0 Å². The lowest BCUT2D eigenvalue weighted by molar-refractivity contribution is -0.171. The highest BCUT2D eigenvalue weighted by molar-refractivity contribution is 5.76. The first-order chi connectivity index (χ1) is 7.15. The number of carbonyl (C=O) groups is 1. The van der Waals surface area contributed by atoms with Gasteiger partial charge in [0.05, 0.1) is 17.4 Å². The first kappa shape index (κ1) is 9.21. The van der Waals surface area contributed by atoms with Gasteiger partial charge in [-0.05, 0) is 49.9 Å². The van der Waals surface area contributed by atoms with Gasteiger partial charge in [-0.25, -0.2) is 0 Å². The fraction of sp³-hybridized carbons (Fsp3) is 0.833. The van der Waals surface area contributed by atoms with Crippen LogP contribution in [0.15, 0.2) is 0 Å². The molecule has 3 nitrogen and oxygen atoms in total. The van der Waals surface area contributed by atoms with Crippen LogP contribution >= 0.6 is 0 Å². The summed E-state index contributed by atoms with van der Waals surface area (Å²) in [5.74, 6) is 0.611. The van der Waals surface area contributed by atoms with Gasteiger partial charge in [0.15, 0.2) is 0 Å². The molecule has 0 amide bonds. The summed E-state index contributed by atoms with van der Waals surface area (Å²) in [7, 11) is 0. The Morgan fingerprint density at radius 2 is 1.87 bits per heavy atom. The smallest absolute Gasteiger partial charge is 0.311 e. The van der Waals surface area contributed by atoms with Gasteiger partial charge in [-0.2, -0.15) is 5.26 Å². The zero-order valence-electron chi connectivity index (χ0n) is 8.65. The largest absolute Gasteiger partial charge is 0.481 e. The van der Waals surface area contributed by atoms with Gasteiger partial charge in [0, 0.05) is 0 Å². The summed E-state index contributed by atoms with van der Waals surface area (Å²) in [5.41, 5.74) is -0.677. The van der Waals surface area contributed by atoms with Gasteiger partial charge in [-0.1, -0.05) is 0 Å². The molecule has 0 aromatic heterocycles. The van der Waals surface area contributed by atoms with Crippen molar-refractivity contribution in [1.82, 2.24) is 0 Å². The SMILES string of the molecule is N#CC1C2CC3CC(C2)CC1(C(=O)O)C3. The summed E-state index contributed by atoms with van der Waals surface area (Å²) in [6.07, 6.45) is 4.93. The molecule has 3 atom stereocenters. The number of nitrogens with zero attached hydrogens (tertiary/aromatic N) is 1. The number of hydrogen-bond donors (Lipinski definition) is 1. The molecule has 4 rings (SSSR count). The molecule has 0 spiro atoms. The monoisotopic (exact) mass is 205 g/mol. The molecular formula is C12H15NO2. The molecule has 0 heterocycles. The molecule has 4 aliphatic rings. The number of carboxylic acids is 1. The summed E-state index contributed by atoms with van der Waals surface area (Å²) in [5, 5.41) is 18.6. The Bertz CT molecular complexity index is 343. The number of hydrogen-bond acceptors (Lipinski definition) is 2. The first-order valence-corrected chi connectivity index (χ1v) is 5.79. The lowest BCUT2D eigenvalue weighted by Gasteiger charge is -2.57. The van der Waals surface area contributed by atoms with Crippen LogP contribution in [-0.2, 0) is 4.79 Å². The molecule has 0 aromatic carbocycles. The highest BCUT2D eigenvalue weighted by Crippen LogP contribution is 2.62. The summed E-state index contributed by atoms with van der Waals surface area (Å²) >= 11 is 0. The summed E-state index contributed by atoms with van der Waals surface area (Å²) in [4.78, 5) is 11.5. The topological polar surface area (TPSA) is 61.1 Å². The van der Waals surface area contributed by atoms with E-state index < -0.39 is 11.4 Å². The van der Waals surface area contributed by atoms with Crippen LogP contribution in [0.5, 0.6) is 0 Å². The second kappa shape index (κ2) is 2.75. The van der Waals surface area contributed by atoms with E-state index in [2.05, 4.69) is 6.07 Å². The zero-order valence-corrected chi connectivity index (χ0v) is 8.65. The lowest BCUT2D eigenvalue weighted by atomic mass is 9.45. The van der Waals surface area contributed by atoms with E-state index >= 15 is 0 Å².